The molecule has 3 rings (SSSR count). The first-order valence-corrected chi connectivity index (χ1v) is 10.4. The topological polar surface area (TPSA) is 68.2 Å². The van der Waals surface area contributed by atoms with Crippen molar-refractivity contribution in [2.75, 3.05) is 27.3 Å². The highest BCUT2D eigenvalue weighted by Crippen LogP contribution is 2.32. The lowest BCUT2D eigenvalue weighted by molar-refractivity contribution is -0.137. The summed E-state index contributed by atoms with van der Waals surface area (Å²) in [6, 6.07) is 9.42. The zero-order chi connectivity index (χ0) is 19.9. The van der Waals surface area contributed by atoms with Crippen molar-refractivity contribution < 1.29 is 24.1 Å². The third kappa shape index (κ3) is 5.17. The van der Waals surface area contributed by atoms with Crippen molar-refractivity contribution >= 4 is 17.2 Å². The van der Waals surface area contributed by atoms with Gasteiger partial charge in [-0.3, -0.25) is 4.79 Å². The molecule has 1 aliphatic heterocycles. The molecule has 0 aliphatic carbocycles. The van der Waals surface area contributed by atoms with Gasteiger partial charge in [0, 0.05) is 30.3 Å². The van der Waals surface area contributed by atoms with Crippen molar-refractivity contribution in [3.8, 4) is 17.2 Å². The fraction of sp³-hybridized carbons (Fsp3) is 0.476. The lowest BCUT2D eigenvalue weighted by Crippen LogP contribution is -2.51. The fourth-order valence-electron chi connectivity index (χ4n) is 3.37. The Balaban J connectivity index is 1.48. The van der Waals surface area contributed by atoms with Crippen LogP contribution in [0.5, 0.6) is 17.2 Å². The maximum atomic E-state index is 12.4. The van der Waals surface area contributed by atoms with E-state index in [9.17, 15) is 9.90 Å². The Morgan fingerprint density at radius 2 is 2.07 bits per heavy atom. The van der Waals surface area contributed by atoms with Crippen molar-refractivity contribution in [1.29, 1.82) is 0 Å². The molecule has 1 aliphatic rings. The third-order valence-corrected chi connectivity index (χ3v) is 5.85. The van der Waals surface area contributed by atoms with Crippen LogP contribution in [0, 0.1) is 0 Å². The molecular formula is C21H27NO5S. The maximum absolute atomic E-state index is 12.4. The summed E-state index contributed by atoms with van der Waals surface area (Å²) < 4.78 is 16.5. The molecule has 1 fully saturated rings. The van der Waals surface area contributed by atoms with Crippen molar-refractivity contribution in [3.63, 3.8) is 0 Å². The minimum absolute atomic E-state index is 0.0974. The summed E-state index contributed by atoms with van der Waals surface area (Å²) in [6.45, 7) is 0.892. The molecule has 2 aromatic rings. The summed E-state index contributed by atoms with van der Waals surface area (Å²) in [7, 11) is 3.15. The highest BCUT2D eigenvalue weighted by Gasteiger charge is 2.31. The Hall–Kier alpha value is -2.25. The number of hydrogen-bond acceptors (Lipinski definition) is 6. The molecule has 1 saturated heterocycles. The molecule has 0 saturated carbocycles. The van der Waals surface area contributed by atoms with Crippen LogP contribution in [0.4, 0.5) is 0 Å². The number of hydrogen-bond donors (Lipinski definition) is 1. The Kier molecular flexibility index (Phi) is 7.17. The number of methoxy groups -OCH3 is 2. The van der Waals surface area contributed by atoms with Crippen LogP contribution in [0.15, 0.2) is 35.7 Å². The van der Waals surface area contributed by atoms with Gasteiger partial charge in [-0.05, 0) is 36.4 Å². The molecule has 152 valence electrons. The number of β-amino-alcohol motifs (C(OH)–C–C–N with tert-alkyl or cyclic N) is 1. The second-order valence-electron chi connectivity index (χ2n) is 6.80. The molecule has 1 aromatic carbocycles. The van der Waals surface area contributed by atoms with Gasteiger partial charge in [0.1, 0.15) is 18.0 Å². The number of benzene rings is 1. The summed E-state index contributed by atoms with van der Waals surface area (Å²) >= 11 is 1.72. The molecule has 2 heterocycles. The van der Waals surface area contributed by atoms with Crippen LogP contribution in [-0.4, -0.2) is 55.4 Å². The van der Waals surface area contributed by atoms with Gasteiger partial charge in [-0.25, -0.2) is 0 Å². The lowest BCUT2D eigenvalue weighted by Gasteiger charge is -2.36. The van der Waals surface area contributed by atoms with E-state index in [1.165, 1.54) is 4.88 Å². The van der Waals surface area contributed by atoms with E-state index in [4.69, 9.17) is 14.2 Å². The highest BCUT2D eigenvalue weighted by molar-refractivity contribution is 7.09. The predicted molar refractivity (Wildman–Crippen MR) is 108 cm³/mol. The molecule has 28 heavy (non-hydrogen) atoms. The predicted octanol–water partition coefficient (Wildman–Crippen LogP) is 3.13. The molecule has 0 unspecified atom stereocenters. The number of piperidine rings is 1. The van der Waals surface area contributed by atoms with Crippen molar-refractivity contribution in [2.24, 2.45) is 0 Å². The number of nitrogens with zero attached hydrogens (tertiary/aromatic N) is 1. The minimum Gasteiger partial charge on any atom is -0.493 e. The van der Waals surface area contributed by atoms with E-state index in [-0.39, 0.29) is 12.0 Å². The van der Waals surface area contributed by atoms with Crippen molar-refractivity contribution in [1.82, 2.24) is 4.90 Å². The molecule has 1 aromatic heterocycles. The van der Waals surface area contributed by atoms with Crippen LogP contribution in [0.1, 0.15) is 24.1 Å². The van der Waals surface area contributed by atoms with Crippen LogP contribution in [0.3, 0.4) is 0 Å². The molecule has 0 bridgehead atoms. The number of carbonyl (C=O) groups is 1. The average molecular weight is 406 g/mol. The van der Waals surface area contributed by atoms with Crippen molar-refractivity contribution in [3.05, 3.63) is 40.6 Å². The largest absolute Gasteiger partial charge is 0.493 e. The Labute approximate surface area is 169 Å². The van der Waals surface area contributed by atoms with Crippen LogP contribution < -0.4 is 14.2 Å². The van der Waals surface area contributed by atoms with Crippen LogP contribution in [0.2, 0.25) is 0 Å². The monoisotopic (exact) mass is 405 g/mol. The zero-order valence-corrected chi connectivity index (χ0v) is 17.1. The van der Waals surface area contributed by atoms with Gasteiger partial charge in [-0.1, -0.05) is 6.07 Å². The Morgan fingerprint density at radius 1 is 1.25 bits per heavy atom. The van der Waals surface area contributed by atoms with Gasteiger partial charge >= 0.3 is 0 Å². The summed E-state index contributed by atoms with van der Waals surface area (Å²) in [5, 5.41) is 12.5. The summed E-state index contributed by atoms with van der Waals surface area (Å²) in [4.78, 5) is 15.5. The number of aliphatic hydroxyl groups excluding tert-OH is 1. The number of carbonyl (C=O) groups excluding carboxylic acids is 1. The van der Waals surface area contributed by atoms with Crippen LogP contribution in [-0.2, 0) is 11.2 Å². The van der Waals surface area contributed by atoms with E-state index < -0.39 is 6.10 Å². The van der Waals surface area contributed by atoms with Crippen molar-refractivity contribution in [2.45, 2.75) is 37.9 Å². The quantitative estimate of drug-likeness (QED) is 0.731. The van der Waals surface area contributed by atoms with Gasteiger partial charge in [-0.15, -0.1) is 11.3 Å². The lowest BCUT2D eigenvalue weighted by atomic mass is 10.0. The standard InChI is InChI=1S/C21H27NO5S/c1-25-19-9-8-15(13-20(19)26-2)27-18-10-11-22(14-17(18)23)21(24)7-3-5-16-6-4-12-28-16/h4,6,8-9,12-13,17-18,23H,3,5,7,10-11,14H2,1-2H3/t17-,18-/m1/s1. The molecule has 2 atom stereocenters. The van der Waals surface area contributed by atoms with E-state index in [0.717, 1.165) is 12.8 Å². The van der Waals surface area contributed by atoms with Gasteiger partial charge < -0.3 is 24.2 Å². The van der Waals surface area contributed by atoms with Gasteiger partial charge in [-0.2, -0.15) is 0 Å². The second kappa shape index (κ2) is 9.80. The van der Waals surface area contributed by atoms with Crippen LogP contribution in [0.25, 0.3) is 0 Å². The summed E-state index contributed by atoms with van der Waals surface area (Å²) in [6.07, 6.45) is 1.77. The summed E-state index contributed by atoms with van der Waals surface area (Å²) in [5.74, 6) is 1.91. The van der Waals surface area contributed by atoms with Gasteiger partial charge in [0.15, 0.2) is 11.5 Å². The first-order valence-electron chi connectivity index (χ1n) is 9.47. The molecule has 7 heteroatoms. The van der Waals surface area contributed by atoms with E-state index >= 15 is 0 Å². The number of ether oxygens (including phenoxy) is 3. The molecule has 1 N–H and O–H groups in total. The molecule has 0 radical (unpaired) electrons. The van der Waals surface area contributed by atoms with E-state index in [0.29, 0.717) is 43.2 Å². The zero-order valence-electron chi connectivity index (χ0n) is 16.3. The number of likely N-dealkylation sites (tertiary alicyclic amines) is 1. The molecule has 6 nitrogen and oxygen atoms in total. The fourth-order valence-corrected chi connectivity index (χ4v) is 4.12. The maximum Gasteiger partial charge on any atom is 0.222 e. The van der Waals surface area contributed by atoms with Crippen LogP contribution >= 0.6 is 11.3 Å². The van der Waals surface area contributed by atoms with Gasteiger partial charge in [0.25, 0.3) is 0 Å². The Morgan fingerprint density at radius 3 is 2.75 bits per heavy atom. The summed E-state index contributed by atoms with van der Waals surface area (Å²) in [5.41, 5.74) is 0. The number of amides is 1. The smallest absolute Gasteiger partial charge is 0.222 e. The highest BCUT2D eigenvalue weighted by atomic mass is 32.1. The second-order valence-corrected chi connectivity index (χ2v) is 7.83. The van der Waals surface area contributed by atoms with E-state index in [1.807, 2.05) is 6.07 Å². The first kappa shape index (κ1) is 20.5. The normalized spacial score (nSPS) is 19.3. The minimum atomic E-state index is -0.719. The van der Waals surface area contributed by atoms with Gasteiger partial charge in [0.05, 0.1) is 20.8 Å². The molecule has 0 spiro atoms. The average Bonchev–Trinajstić information content (AvgIpc) is 3.22. The number of aliphatic hydroxyl groups is 1. The van der Waals surface area contributed by atoms with E-state index in [1.54, 1.807) is 48.7 Å². The third-order valence-electron chi connectivity index (χ3n) is 4.91. The Bertz CT molecular complexity index is 764. The first-order chi connectivity index (χ1) is 13.6. The number of aryl methyl sites for hydroxylation is 1. The van der Waals surface area contributed by atoms with E-state index in [2.05, 4.69) is 11.4 Å². The molecule has 1 amide bonds. The number of rotatable bonds is 8. The molecular weight excluding hydrogens is 378 g/mol. The number of thiophene rings is 1. The SMILES string of the molecule is COc1ccc(O[C@@H]2CCN(C(=O)CCCc3cccs3)C[C@H]2O)cc1OC. The van der Waals surface area contributed by atoms with Gasteiger partial charge in [0.2, 0.25) is 5.91 Å².